The predicted molar refractivity (Wildman–Crippen MR) is 205 cm³/mol. The van der Waals surface area contributed by atoms with E-state index in [0.717, 1.165) is 32.5 Å². The van der Waals surface area contributed by atoms with Crippen LogP contribution in [0.5, 0.6) is 0 Å². The molecule has 0 rings (SSSR count). The number of aliphatic carboxylic acids is 1. The van der Waals surface area contributed by atoms with Gasteiger partial charge in [-0.3, -0.25) is 14.5 Å². The van der Waals surface area contributed by atoms with Gasteiger partial charge in [0.15, 0.2) is 0 Å². The third-order valence-electron chi connectivity index (χ3n) is 8.31. The van der Waals surface area contributed by atoms with Crippen molar-refractivity contribution in [2.45, 2.75) is 214 Å². The number of rotatable bonds is 33. The van der Waals surface area contributed by atoms with Crippen molar-refractivity contribution in [3.05, 3.63) is 12.3 Å². The number of nitrogens with zero attached hydrogens (tertiary/aromatic N) is 1. The zero-order valence-electron chi connectivity index (χ0n) is 32.9. The van der Waals surface area contributed by atoms with E-state index in [1.165, 1.54) is 154 Å². The average Bonchev–Trinajstić information content (AvgIpc) is 3.07. The Morgan fingerprint density at radius 3 is 1.29 bits per heavy atom. The van der Waals surface area contributed by atoms with Gasteiger partial charge in [0.25, 0.3) is 0 Å². The molecule has 0 aliphatic carbocycles. The van der Waals surface area contributed by atoms with Crippen LogP contribution in [0.1, 0.15) is 207 Å². The van der Waals surface area contributed by atoms with Gasteiger partial charge in [-0.15, -0.1) is 0 Å². The Morgan fingerprint density at radius 1 is 0.583 bits per heavy atom. The quantitative estimate of drug-likeness (QED) is 0.0307. The second kappa shape index (κ2) is 45.6. The number of hydrogen-bond donors (Lipinski definition) is 2. The number of esters is 1. The standard InChI is InChI=1S/C24H50O.C12H20O4.C5H13NO/c1-3-5-7-9-11-13-15-17-19-21-23-25-24-22-20-18-16-14-12-10-8-6-4-2;1-2-3-4-5-6-7-10-16-12(15)9-8-11(13)14;1-4-5(7)6(2)3/h3-24H2,1-2H3;7,10H,2-6,8-9H2,1H3,(H,13,14);5,7H,4H2,1-3H3. The molecule has 0 bridgehead atoms. The van der Waals surface area contributed by atoms with Crippen LogP contribution in [-0.2, 0) is 19.1 Å². The van der Waals surface area contributed by atoms with Gasteiger partial charge < -0.3 is 19.7 Å². The highest BCUT2D eigenvalue weighted by Gasteiger charge is 2.04. The molecule has 1 atom stereocenters. The molecule has 288 valence electrons. The summed E-state index contributed by atoms with van der Waals surface area (Å²) in [5.41, 5.74) is 0. The highest BCUT2D eigenvalue weighted by molar-refractivity contribution is 5.76. The molecule has 48 heavy (non-hydrogen) atoms. The zero-order valence-corrected chi connectivity index (χ0v) is 32.9. The number of aliphatic hydroxyl groups excluding tert-OH is 1. The molecule has 0 aromatic carbocycles. The normalized spacial score (nSPS) is 11.6. The minimum Gasteiger partial charge on any atom is -0.481 e. The van der Waals surface area contributed by atoms with Gasteiger partial charge in [0.05, 0.1) is 19.1 Å². The van der Waals surface area contributed by atoms with Crippen LogP contribution in [-0.4, -0.2) is 60.6 Å². The summed E-state index contributed by atoms with van der Waals surface area (Å²) in [5.74, 6) is -1.48. The number of allylic oxidation sites excluding steroid dienone is 1. The zero-order chi connectivity index (χ0) is 36.4. The maximum Gasteiger partial charge on any atom is 0.311 e. The highest BCUT2D eigenvalue weighted by atomic mass is 16.5. The first-order valence-corrected chi connectivity index (χ1v) is 20.2. The molecule has 0 aromatic rings. The Morgan fingerprint density at radius 2 is 0.958 bits per heavy atom. The summed E-state index contributed by atoms with van der Waals surface area (Å²) >= 11 is 0. The Labute approximate surface area is 299 Å². The van der Waals surface area contributed by atoms with E-state index in [9.17, 15) is 9.59 Å². The van der Waals surface area contributed by atoms with E-state index in [4.69, 9.17) is 19.7 Å². The number of aliphatic hydroxyl groups is 1. The van der Waals surface area contributed by atoms with E-state index in [-0.39, 0.29) is 19.1 Å². The van der Waals surface area contributed by atoms with E-state index in [0.29, 0.717) is 0 Å². The highest BCUT2D eigenvalue weighted by Crippen LogP contribution is 2.12. The smallest absolute Gasteiger partial charge is 0.311 e. The van der Waals surface area contributed by atoms with E-state index in [2.05, 4.69) is 20.8 Å². The Hall–Kier alpha value is -1.44. The molecule has 0 amide bonds. The molecule has 7 nitrogen and oxygen atoms in total. The molecule has 0 spiro atoms. The van der Waals surface area contributed by atoms with Crippen molar-refractivity contribution < 1.29 is 29.3 Å². The summed E-state index contributed by atoms with van der Waals surface area (Å²) in [5, 5.41) is 17.2. The summed E-state index contributed by atoms with van der Waals surface area (Å²) < 4.78 is 10.5. The first-order chi connectivity index (χ1) is 23.3. The van der Waals surface area contributed by atoms with Gasteiger partial charge in [-0.05, 0) is 52.3 Å². The Bertz CT molecular complexity index is 633. The molecule has 7 heteroatoms. The molecule has 0 fully saturated rings. The molecule has 0 aliphatic rings. The summed E-state index contributed by atoms with van der Waals surface area (Å²) in [6, 6.07) is 0. The summed E-state index contributed by atoms with van der Waals surface area (Å²) in [4.78, 5) is 22.9. The van der Waals surface area contributed by atoms with Crippen LogP contribution >= 0.6 is 0 Å². The lowest BCUT2D eigenvalue weighted by molar-refractivity contribution is -0.144. The molecule has 0 aliphatic heterocycles. The molecular formula is C41H83NO6. The van der Waals surface area contributed by atoms with Gasteiger partial charge in [-0.25, -0.2) is 0 Å². The van der Waals surface area contributed by atoms with Crippen LogP contribution in [0.15, 0.2) is 12.3 Å². The number of carboxylic acid groups (broad SMARTS) is 1. The van der Waals surface area contributed by atoms with Crippen LogP contribution in [0, 0.1) is 0 Å². The third-order valence-corrected chi connectivity index (χ3v) is 8.31. The number of carbonyl (C=O) groups excluding carboxylic acids is 1. The van der Waals surface area contributed by atoms with Gasteiger partial charge in [-0.2, -0.15) is 0 Å². The predicted octanol–water partition coefficient (Wildman–Crippen LogP) is 12.0. The van der Waals surface area contributed by atoms with Gasteiger partial charge in [0, 0.05) is 13.2 Å². The number of unbranched alkanes of at least 4 members (excludes halogenated alkanes) is 22. The molecule has 0 saturated heterocycles. The van der Waals surface area contributed by atoms with E-state index in [1.807, 2.05) is 21.0 Å². The summed E-state index contributed by atoms with van der Waals surface area (Å²) in [6.45, 7) is 10.7. The first kappa shape index (κ1) is 50.9. The number of ether oxygens (including phenoxy) is 2. The monoisotopic (exact) mass is 686 g/mol. The van der Waals surface area contributed by atoms with Crippen LogP contribution in [0.4, 0.5) is 0 Å². The Kier molecular flexibility index (Phi) is 48.3. The van der Waals surface area contributed by atoms with Crippen molar-refractivity contribution >= 4 is 11.9 Å². The average molecular weight is 686 g/mol. The van der Waals surface area contributed by atoms with Gasteiger partial charge in [0.1, 0.15) is 6.23 Å². The van der Waals surface area contributed by atoms with Crippen molar-refractivity contribution in [2.75, 3.05) is 27.3 Å². The van der Waals surface area contributed by atoms with Gasteiger partial charge in [-0.1, -0.05) is 163 Å². The second-order valence-electron chi connectivity index (χ2n) is 13.4. The number of hydrogen-bond acceptors (Lipinski definition) is 6. The van der Waals surface area contributed by atoms with E-state index >= 15 is 0 Å². The lowest BCUT2D eigenvalue weighted by Gasteiger charge is -2.15. The van der Waals surface area contributed by atoms with E-state index < -0.39 is 11.9 Å². The fraction of sp³-hybridized carbons (Fsp3) is 0.902. The molecule has 2 N–H and O–H groups in total. The summed E-state index contributed by atoms with van der Waals surface area (Å²) in [7, 11) is 3.71. The van der Waals surface area contributed by atoms with Gasteiger partial charge >= 0.3 is 11.9 Å². The molecule has 0 heterocycles. The topological polar surface area (TPSA) is 96.3 Å². The largest absolute Gasteiger partial charge is 0.481 e. The van der Waals surface area contributed by atoms with Crippen molar-refractivity contribution in [1.82, 2.24) is 4.90 Å². The molecule has 0 aromatic heterocycles. The fourth-order valence-corrected chi connectivity index (χ4v) is 5.00. The molecular weight excluding hydrogens is 602 g/mol. The molecule has 1 unspecified atom stereocenters. The van der Waals surface area contributed by atoms with Crippen molar-refractivity contribution in [3.63, 3.8) is 0 Å². The molecule has 0 radical (unpaired) electrons. The minimum atomic E-state index is -0.986. The third kappa shape index (κ3) is 51.4. The van der Waals surface area contributed by atoms with E-state index in [1.54, 1.807) is 11.0 Å². The van der Waals surface area contributed by atoms with Crippen molar-refractivity contribution in [3.8, 4) is 0 Å². The van der Waals surface area contributed by atoms with Gasteiger partial charge in [0.2, 0.25) is 0 Å². The van der Waals surface area contributed by atoms with Crippen LogP contribution in [0.25, 0.3) is 0 Å². The van der Waals surface area contributed by atoms with Crippen LogP contribution in [0.2, 0.25) is 0 Å². The SMILES string of the molecule is CCC(O)N(C)C.CCCCCCC=COC(=O)CCC(=O)O.CCCCCCCCCCCCOCCCCCCCCCCCC. The van der Waals surface area contributed by atoms with Crippen LogP contribution in [0.3, 0.4) is 0 Å². The number of carboxylic acids is 1. The number of carbonyl (C=O) groups is 2. The Balaban J connectivity index is -0.000000746. The lowest BCUT2D eigenvalue weighted by atomic mass is 10.1. The van der Waals surface area contributed by atoms with Crippen molar-refractivity contribution in [1.29, 1.82) is 0 Å². The maximum atomic E-state index is 10.9. The first-order valence-electron chi connectivity index (χ1n) is 20.2. The van der Waals surface area contributed by atoms with Crippen molar-refractivity contribution in [2.24, 2.45) is 0 Å². The lowest BCUT2D eigenvalue weighted by Crippen LogP contribution is -2.26. The summed E-state index contributed by atoms with van der Waals surface area (Å²) in [6.07, 6.45) is 37.2. The second-order valence-corrected chi connectivity index (χ2v) is 13.4. The van der Waals surface area contributed by atoms with Crippen LogP contribution < -0.4 is 0 Å². The fourth-order valence-electron chi connectivity index (χ4n) is 5.00. The molecule has 0 saturated carbocycles. The minimum absolute atomic E-state index is 0.0739. The maximum absolute atomic E-state index is 10.9.